The summed E-state index contributed by atoms with van der Waals surface area (Å²) >= 11 is 0. The van der Waals surface area contributed by atoms with Crippen LogP contribution in [-0.2, 0) is 14.3 Å². The summed E-state index contributed by atoms with van der Waals surface area (Å²) in [5.74, 6) is -1.59. The van der Waals surface area contributed by atoms with Crippen molar-refractivity contribution in [2.24, 2.45) is 5.92 Å². The molecular weight excluding hydrogens is 261 g/mol. The maximum absolute atomic E-state index is 13.0. The highest BCUT2D eigenvalue weighted by Crippen LogP contribution is 2.31. The lowest BCUT2D eigenvalue weighted by Gasteiger charge is -2.30. The van der Waals surface area contributed by atoms with Crippen molar-refractivity contribution in [3.63, 3.8) is 0 Å². The molecule has 0 saturated carbocycles. The van der Waals surface area contributed by atoms with E-state index in [2.05, 4.69) is 11.9 Å². The number of piperidine rings is 1. The second kappa shape index (κ2) is 6.32. The fourth-order valence-electron chi connectivity index (χ4n) is 2.34. The van der Waals surface area contributed by atoms with Crippen LogP contribution in [0.1, 0.15) is 17.9 Å². The molecule has 1 aliphatic rings. The number of benzene rings is 1. The molecule has 1 N–H and O–H groups in total. The number of carbonyl (C=O) groups excluding carboxylic acids is 2. The van der Waals surface area contributed by atoms with E-state index in [1.807, 2.05) is 0 Å². The molecule has 1 aromatic rings. The summed E-state index contributed by atoms with van der Waals surface area (Å²) in [7, 11) is 0. The standard InChI is InChI=1S/C15H16FNO3/c1-2-7-20-15(19)13-9-17-14(18)8-12(13)10-3-5-11(16)6-4-10/h2-6,12-13H,1,7-9H2,(H,17,18)/t12-,13-/m1/s1. The molecule has 1 aliphatic heterocycles. The van der Waals surface area contributed by atoms with Gasteiger partial charge in [0.05, 0.1) is 5.92 Å². The number of carbonyl (C=O) groups is 2. The van der Waals surface area contributed by atoms with Gasteiger partial charge in [0, 0.05) is 18.9 Å². The zero-order valence-electron chi connectivity index (χ0n) is 11.0. The Morgan fingerprint density at radius 1 is 1.45 bits per heavy atom. The lowest BCUT2D eigenvalue weighted by molar-refractivity contribution is -0.149. The molecule has 0 aromatic heterocycles. The van der Waals surface area contributed by atoms with E-state index in [-0.39, 0.29) is 43.2 Å². The van der Waals surface area contributed by atoms with Gasteiger partial charge in [-0.3, -0.25) is 9.59 Å². The van der Waals surface area contributed by atoms with Crippen LogP contribution in [0, 0.1) is 11.7 Å². The third-order valence-electron chi connectivity index (χ3n) is 3.35. The Morgan fingerprint density at radius 2 is 2.15 bits per heavy atom. The molecule has 2 atom stereocenters. The molecule has 20 heavy (non-hydrogen) atoms. The van der Waals surface area contributed by atoms with Crippen LogP contribution in [0.5, 0.6) is 0 Å². The van der Waals surface area contributed by atoms with E-state index in [1.165, 1.54) is 18.2 Å². The topological polar surface area (TPSA) is 55.4 Å². The van der Waals surface area contributed by atoms with E-state index in [4.69, 9.17) is 4.74 Å². The van der Waals surface area contributed by atoms with Crippen molar-refractivity contribution in [2.45, 2.75) is 12.3 Å². The van der Waals surface area contributed by atoms with Gasteiger partial charge in [0.15, 0.2) is 0 Å². The van der Waals surface area contributed by atoms with Crippen LogP contribution >= 0.6 is 0 Å². The molecule has 2 rings (SSSR count). The average molecular weight is 277 g/mol. The molecule has 0 radical (unpaired) electrons. The minimum atomic E-state index is -0.460. The number of hydrogen-bond acceptors (Lipinski definition) is 3. The summed E-state index contributed by atoms with van der Waals surface area (Å²) in [6, 6.07) is 5.86. The number of rotatable bonds is 4. The quantitative estimate of drug-likeness (QED) is 0.674. The number of esters is 1. The first-order valence-electron chi connectivity index (χ1n) is 6.41. The van der Waals surface area contributed by atoms with Crippen LogP contribution in [0.2, 0.25) is 0 Å². The first-order chi connectivity index (χ1) is 9.61. The lowest BCUT2D eigenvalue weighted by atomic mass is 9.81. The van der Waals surface area contributed by atoms with Crippen molar-refractivity contribution in [3.05, 3.63) is 48.3 Å². The van der Waals surface area contributed by atoms with Crippen molar-refractivity contribution < 1.29 is 18.7 Å². The van der Waals surface area contributed by atoms with Gasteiger partial charge in [-0.15, -0.1) is 0 Å². The first-order valence-corrected chi connectivity index (χ1v) is 6.41. The fraction of sp³-hybridized carbons (Fsp3) is 0.333. The summed E-state index contributed by atoms with van der Waals surface area (Å²) < 4.78 is 18.0. The van der Waals surface area contributed by atoms with Gasteiger partial charge >= 0.3 is 5.97 Å². The van der Waals surface area contributed by atoms with Crippen LogP contribution in [0.25, 0.3) is 0 Å². The van der Waals surface area contributed by atoms with Gasteiger partial charge < -0.3 is 10.1 Å². The number of nitrogens with one attached hydrogen (secondary N) is 1. The third kappa shape index (κ3) is 3.23. The Bertz CT molecular complexity index is 512. The van der Waals surface area contributed by atoms with E-state index < -0.39 is 5.92 Å². The van der Waals surface area contributed by atoms with Crippen LogP contribution in [0.3, 0.4) is 0 Å². The Kier molecular flexibility index (Phi) is 4.50. The fourth-order valence-corrected chi connectivity index (χ4v) is 2.34. The van der Waals surface area contributed by atoms with Gasteiger partial charge in [0.25, 0.3) is 0 Å². The van der Waals surface area contributed by atoms with E-state index in [9.17, 15) is 14.0 Å². The molecular formula is C15H16FNO3. The van der Waals surface area contributed by atoms with E-state index in [1.54, 1.807) is 12.1 Å². The van der Waals surface area contributed by atoms with Gasteiger partial charge in [-0.25, -0.2) is 4.39 Å². The average Bonchev–Trinajstić information content (AvgIpc) is 2.45. The number of hydrogen-bond donors (Lipinski definition) is 1. The first kappa shape index (κ1) is 14.2. The van der Waals surface area contributed by atoms with Crippen molar-refractivity contribution in [2.75, 3.05) is 13.2 Å². The zero-order valence-corrected chi connectivity index (χ0v) is 11.0. The minimum absolute atomic E-state index is 0.118. The third-order valence-corrected chi connectivity index (χ3v) is 3.35. The van der Waals surface area contributed by atoms with Crippen molar-refractivity contribution in [1.82, 2.24) is 5.32 Å². The lowest BCUT2D eigenvalue weighted by Crippen LogP contribution is -2.43. The van der Waals surface area contributed by atoms with Crippen molar-refractivity contribution >= 4 is 11.9 Å². The summed E-state index contributed by atoms with van der Waals surface area (Å²) in [4.78, 5) is 23.6. The van der Waals surface area contributed by atoms with E-state index in [0.717, 1.165) is 5.56 Å². The molecule has 0 unspecified atom stereocenters. The number of halogens is 1. The van der Waals surface area contributed by atoms with Crippen LogP contribution in [0.4, 0.5) is 4.39 Å². The van der Waals surface area contributed by atoms with Gasteiger partial charge in [-0.2, -0.15) is 0 Å². The van der Waals surface area contributed by atoms with Crippen molar-refractivity contribution in [1.29, 1.82) is 0 Å². The summed E-state index contributed by atoms with van der Waals surface area (Å²) in [6.45, 7) is 3.86. The second-order valence-corrected chi connectivity index (χ2v) is 4.69. The monoisotopic (exact) mass is 277 g/mol. The summed E-state index contributed by atoms with van der Waals surface area (Å²) in [5.41, 5.74) is 0.766. The molecule has 1 fully saturated rings. The van der Waals surface area contributed by atoms with Crippen LogP contribution in [-0.4, -0.2) is 25.0 Å². The van der Waals surface area contributed by atoms with Gasteiger partial charge in [0.2, 0.25) is 5.91 Å². The molecule has 106 valence electrons. The Balaban J connectivity index is 2.19. The number of ether oxygens (including phenoxy) is 1. The highest BCUT2D eigenvalue weighted by Gasteiger charge is 2.36. The van der Waals surface area contributed by atoms with Crippen LogP contribution in [0.15, 0.2) is 36.9 Å². The second-order valence-electron chi connectivity index (χ2n) is 4.69. The smallest absolute Gasteiger partial charge is 0.311 e. The highest BCUT2D eigenvalue weighted by atomic mass is 19.1. The maximum Gasteiger partial charge on any atom is 0.311 e. The zero-order chi connectivity index (χ0) is 14.5. The normalized spacial score (nSPS) is 21.9. The Morgan fingerprint density at radius 3 is 2.80 bits per heavy atom. The largest absolute Gasteiger partial charge is 0.461 e. The van der Waals surface area contributed by atoms with Gasteiger partial charge in [0.1, 0.15) is 12.4 Å². The molecule has 1 heterocycles. The molecule has 1 aromatic carbocycles. The highest BCUT2D eigenvalue weighted by molar-refractivity contribution is 5.83. The maximum atomic E-state index is 13.0. The van der Waals surface area contributed by atoms with E-state index in [0.29, 0.717) is 0 Å². The number of amides is 1. The molecule has 1 amide bonds. The van der Waals surface area contributed by atoms with Crippen LogP contribution < -0.4 is 5.32 Å². The predicted octanol–water partition coefficient (Wildman–Crippen LogP) is 1.77. The molecule has 0 spiro atoms. The Labute approximate surface area is 116 Å². The van der Waals surface area contributed by atoms with Gasteiger partial charge in [-0.1, -0.05) is 24.8 Å². The molecule has 5 heteroatoms. The molecule has 4 nitrogen and oxygen atoms in total. The summed E-state index contributed by atoms with van der Waals surface area (Å²) in [5, 5.41) is 2.66. The molecule has 0 bridgehead atoms. The molecule has 0 aliphatic carbocycles. The summed E-state index contributed by atoms with van der Waals surface area (Å²) in [6.07, 6.45) is 1.69. The SMILES string of the molecule is C=CCOC(=O)[C@@H]1CNC(=O)C[C@@H]1c1ccc(F)cc1. The Hall–Kier alpha value is -2.17. The van der Waals surface area contributed by atoms with Crippen molar-refractivity contribution in [3.8, 4) is 0 Å². The van der Waals surface area contributed by atoms with Gasteiger partial charge in [-0.05, 0) is 17.7 Å². The predicted molar refractivity (Wildman–Crippen MR) is 71.4 cm³/mol. The minimum Gasteiger partial charge on any atom is -0.461 e. The van der Waals surface area contributed by atoms with E-state index >= 15 is 0 Å². The molecule has 1 saturated heterocycles.